The van der Waals surface area contributed by atoms with Crippen LogP contribution >= 0.6 is 0 Å². The van der Waals surface area contributed by atoms with Gasteiger partial charge in [0.15, 0.2) is 0 Å². The second kappa shape index (κ2) is 7.62. The van der Waals surface area contributed by atoms with Gasteiger partial charge in [-0.3, -0.25) is 9.69 Å². The molecule has 3 aliphatic rings. The van der Waals surface area contributed by atoms with Crippen LogP contribution in [0.4, 0.5) is 5.82 Å². The Kier molecular flexibility index (Phi) is 4.84. The Morgan fingerprint density at radius 3 is 2.57 bits per heavy atom. The van der Waals surface area contributed by atoms with E-state index in [-0.39, 0.29) is 5.56 Å². The average molecular weight is 380 g/mol. The molecule has 1 fully saturated rings. The molecule has 2 aromatic heterocycles. The molecule has 2 aromatic rings. The van der Waals surface area contributed by atoms with Gasteiger partial charge in [0.2, 0.25) is 0 Å². The molecular formula is C21H28N6O. The Bertz CT molecular complexity index is 916. The zero-order valence-corrected chi connectivity index (χ0v) is 16.4. The molecule has 0 atom stereocenters. The van der Waals surface area contributed by atoms with Crippen LogP contribution in [0.2, 0.25) is 0 Å². The van der Waals surface area contributed by atoms with E-state index in [1.807, 2.05) is 6.07 Å². The lowest BCUT2D eigenvalue weighted by atomic mass is 9.97. The van der Waals surface area contributed by atoms with Crippen LogP contribution in [-0.2, 0) is 32.2 Å². The Labute approximate surface area is 165 Å². The van der Waals surface area contributed by atoms with Crippen LogP contribution in [0.1, 0.15) is 41.8 Å². The van der Waals surface area contributed by atoms with Crippen molar-refractivity contribution in [3.63, 3.8) is 0 Å². The highest BCUT2D eigenvalue weighted by molar-refractivity contribution is 5.50. The molecule has 28 heavy (non-hydrogen) atoms. The molecule has 148 valence electrons. The quantitative estimate of drug-likeness (QED) is 0.795. The van der Waals surface area contributed by atoms with Gasteiger partial charge in [0.25, 0.3) is 5.56 Å². The van der Waals surface area contributed by atoms with Gasteiger partial charge in [0.05, 0.1) is 12.2 Å². The standard InChI is InChI=1S/C21H28N6O/c28-20-14-16-4-1-2-6-18(16)24-27(20)13-10-25-8-11-26(12-9-25)21-17-5-3-7-19(17)22-15-23-21/h14-15H,1-13H2. The zero-order valence-electron chi connectivity index (χ0n) is 16.4. The number of piperazine rings is 1. The fourth-order valence-electron chi connectivity index (χ4n) is 4.80. The Hall–Kier alpha value is -2.28. The van der Waals surface area contributed by atoms with E-state index in [0.29, 0.717) is 6.54 Å². The predicted octanol–water partition coefficient (Wildman–Crippen LogP) is 1.22. The molecule has 7 heteroatoms. The molecule has 0 aromatic carbocycles. The third kappa shape index (κ3) is 3.43. The highest BCUT2D eigenvalue weighted by Gasteiger charge is 2.24. The van der Waals surface area contributed by atoms with E-state index in [2.05, 4.69) is 24.9 Å². The molecule has 0 bridgehead atoms. The number of rotatable bonds is 4. The molecule has 0 spiro atoms. The summed E-state index contributed by atoms with van der Waals surface area (Å²) in [5.74, 6) is 1.15. The summed E-state index contributed by atoms with van der Waals surface area (Å²) >= 11 is 0. The van der Waals surface area contributed by atoms with Crippen molar-refractivity contribution in [1.29, 1.82) is 0 Å². The molecule has 0 saturated carbocycles. The lowest BCUT2D eigenvalue weighted by Gasteiger charge is -2.36. The number of fused-ring (bicyclic) bond motifs is 2. The van der Waals surface area contributed by atoms with Gasteiger partial charge in [-0.1, -0.05) is 0 Å². The SMILES string of the molecule is O=c1cc2c(nn1CCN1CCN(c3ncnc4c3CCC4)CC1)CCCC2. The highest BCUT2D eigenvalue weighted by Crippen LogP contribution is 2.28. The van der Waals surface area contributed by atoms with Crippen LogP contribution in [0.3, 0.4) is 0 Å². The Morgan fingerprint density at radius 1 is 0.857 bits per heavy atom. The first-order valence-corrected chi connectivity index (χ1v) is 10.7. The molecule has 0 unspecified atom stereocenters. The normalized spacial score (nSPS) is 19.5. The van der Waals surface area contributed by atoms with Crippen molar-refractivity contribution >= 4 is 5.82 Å². The van der Waals surface area contributed by atoms with E-state index in [9.17, 15) is 4.79 Å². The fourth-order valence-corrected chi connectivity index (χ4v) is 4.80. The van der Waals surface area contributed by atoms with Crippen LogP contribution in [0.25, 0.3) is 0 Å². The lowest BCUT2D eigenvalue weighted by molar-refractivity contribution is 0.241. The number of aryl methyl sites for hydroxylation is 3. The van der Waals surface area contributed by atoms with Gasteiger partial charge >= 0.3 is 0 Å². The third-order valence-corrected chi connectivity index (χ3v) is 6.43. The van der Waals surface area contributed by atoms with E-state index < -0.39 is 0 Å². The number of hydrogen-bond acceptors (Lipinski definition) is 6. The van der Waals surface area contributed by atoms with E-state index in [1.165, 1.54) is 36.1 Å². The number of anilines is 1. The molecule has 7 nitrogen and oxygen atoms in total. The fraction of sp³-hybridized carbons (Fsp3) is 0.619. The first-order valence-electron chi connectivity index (χ1n) is 10.7. The van der Waals surface area contributed by atoms with E-state index in [1.54, 1.807) is 11.0 Å². The molecular weight excluding hydrogens is 352 g/mol. The van der Waals surface area contributed by atoms with Crippen molar-refractivity contribution in [2.75, 3.05) is 37.6 Å². The molecule has 0 amide bonds. The maximum Gasteiger partial charge on any atom is 0.267 e. The summed E-state index contributed by atoms with van der Waals surface area (Å²) in [5, 5.41) is 4.65. The lowest BCUT2D eigenvalue weighted by Crippen LogP contribution is -2.48. The van der Waals surface area contributed by atoms with Crippen molar-refractivity contribution in [1.82, 2.24) is 24.6 Å². The van der Waals surface area contributed by atoms with Crippen LogP contribution in [0.5, 0.6) is 0 Å². The van der Waals surface area contributed by atoms with Crippen molar-refractivity contribution in [2.45, 2.75) is 51.5 Å². The second-order valence-electron chi connectivity index (χ2n) is 8.19. The van der Waals surface area contributed by atoms with Gasteiger partial charge in [-0.15, -0.1) is 0 Å². The average Bonchev–Trinajstić information content (AvgIpc) is 3.22. The van der Waals surface area contributed by atoms with Crippen LogP contribution in [-0.4, -0.2) is 57.4 Å². The van der Waals surface area contributed by atoms with Crippen LogP contribution in [0.15, 0.2) is 17.2 Å². The van der Waals surface area contributed by atoms with Gasteiger partial charge in [0, 0.05) is 50.0 Å². The van der Waals surface area contributed by atoms with Crippen molar-refractivity contribution in [3.05, 3.63) is 45.3 Å². The molecule has 1 aliphatic heterocycles. The van der Waals surface area contributed by atoms with E-state index >= 15 is 0 Å². The monoisotopic (exact) mass is 380 g/mol. The summed E-state index contributed by atoms with van der Waals surface area (Å²) in [6.45, 7) is 5.51. The number of nitrogens with zero attached hydrogens (tertiary/aromatic N) is 6. The highest BCUT2D eigenvalue weighted by atomic mass is 16.1. The predicted molar refractivity (Wildman–Crippen MR) is 108 cm³/mol. The second-order valence-corrected chi connectivity index (χ2v) is 8.19. The first-order chi connectivity index (χ1) is 13.8. The largest absolute Gasteiger partial charge is 0.354 e. The summed E-state index contributed by atoms with van der Waals surface area (Å²) in [5.41, 5.74) is 4.95. The molecule has 5 rings (SSSR count). The summed E-state index contributed by atoms with van der Waals surface area (Å²) in [7, 11) is 0. The third-order valence-electron chi connectivity index (χ3n) is 6.43. The summed E-state index contributed by atoms with van der Waals surface area (Å²) < 4.78 is 1.67. The summed E-state index contributed by atoms with van der Waals surface area (Å²) in [4.78, 5) is 26.2. The smallest absolute Gasteiger partial charge is 0.267 e. The molecule has 3 heterocycles. The van der Waals surface area contributed by atoms with Gasteiger partial charge in [0.1, 0.15) is 12.1 Å². The van der Waals surface area contributed by atoms with Crippen molar-refractivity contribution in [3.8, 4) is 0 Å². The minimum Gasteiger partial charge on any atom is -0.354 e. The van der Waals surface area contributed by atoms with Gasteiger partial charge in [-0.05, 0) is 50.5 Å². The van der Waals surface area contributed by atoms with E-state index in [4.69, 9.17) is 0 Å². The zero-order chi connectivity index (χ0) is 18.9. The number of hydrogen-bond donors (Lipinski definition) is 0. The molecule has 0 N–H and O–H groups in total. The summed E-state index contributed by atoms with van der Waals surface area (Å²) in [6, 6.07) is 1.81. The first kappa shape index (κ1) is 17.8. The van der Waals surface area contributed by atoms with Crippen LogP contribution < -0.4 is 10.5 Å². The van der Waals surface area contributed by atoms with Crippen LogP contribution in [0, 0.1) is 0 Å². The van der Waals surface area contributed by atoms with Gasteiger partial charge < -0.3 is 4.90 Å². The minimum absolute atomic E-state index is 0.0517. The number of aromatic nitrogens is 4. The minimum atomic E-state index is 0.0517. The Morgan fingerprint density at radius 2 is 1.68 bits per heavy atom. The van der Waals surface area contributed by atoms with Gasteiger partial charge in [-0.25, -0.2) is 14.6 Å². The topological polar surface area (TPSA) is 67.2 Å². The van der Waals surface area contributed by atoms with Crippen molar-refractivity contribution in [2.24, 2.45) is 0 Å². The van der Waals surface area contributed by atoms with Crippen molar-refractivity contribution < 1.29 is 0 Å². The molecule has 1 saturated heterocycles. The molecule has 0 radical (unpaired) electrons. The maximum atomic E-state index is 12.4. The van der Waals surface area contributed by atoms with Gasteiger partial charge in [-0.2, -0.15) is 5.10 Å². The maximum absolute atomic E-state index is 12.4. The van der Waals surface area contributed by atoms with E-state index in [0.717, 1.165) is 69.9 Å². The molecule has 2 aliphatic carbocycles. The summed E-state index contributed by atoms with van der Waals surface area (Å²) in [6.07, 6.45) is 9.51. The Balaban J connectivity index is 1.20.